The molecular weight excluding hydrogens is 534 g/mol. The van der Waals surface area contributed by atoms with Gasteiger partial charge in [0.05, 0.1) is 30.4 Å². The molecule has 5 rings (SSSR count). The van der Waals surface area contributed by atoms with Crippen molar-refractivity contribution < 1.29 is 19.4 Å². The Morgan fingerprint density at radius 3 is 2.50 bits per heavy atom. The maximum atomic E-state index is 13.2. The van der Waals surface area contributed by atoms with Gasteiger partial charge in [0.1, 0.15) is 17.4 Å². The van der Waals surface area contributed by atoms with E-state index in [4.69, 9.17) is 15.9 Å². The van der Waals surface area contributed by atoms with Crippen LogP contribution in [0.5, 0.6) is 5.75 Å². The van der Waals surface area contributed by atoms with Gasteiger partial charge in [0.15, 0.2) is 0 Å². The second-order valence-corrected chi connectivity index (χ2v) is 9.61. The highest BCUT2D eigenvalue weighted by Gasteiger charge is 2.25. The number of rotatable bonds is 10. The number of ether oxygens (including phenoxy) is 1. The molecular formula is C31H29N7O4. The number of aromatic nitrogens is 4. The van der Waals surface area contributed by atoms with Crippen LogP contribution in [0.1, 0.15) is 62.6 Å². The van der Waals surface area contributed by atoms with E-state index in [1.54, 1.807) is 54.9 Å². The molecule has 0 saturated carbocycles. The van der Waals surface area contributed by atoms with E-state index in [1.807, 2.05) is 19.1 Å². The van der Waals surface area contributed by atoms with Crippen LogP contribution in [0.15, 0.2) is 73.1 Å². The molecule has 11 nitrogen and oxygen atoms in total. The van der Waals surface area contributed by atoms with E-state index in [0.29, 0.717) is 40.2 Å². The first-order chi connectivity index (χ1) is 20.3. The number of fused-ring (bicyclic) bond motifs is 1. The number of nitrogen functional groups attached to an aromatic ring is 1. The third-order valence-corrected chi connectivity index (χ3v) is 7.11. The van der Waals surface area contributed by atoms with Gasteiger partial charge in [-0.15, -0.1) is 0 Å². The van der Waals surface area contributed by atoms with Crippen molar-refractivity contribution in [3.63, 3.8) is 0 Å². The second-order valence-electron chi connectivity index (χ2n) is 9.61. The topological polar surface area (TPSA) is 180 Å². The summed E-state index contributed by atoms with van der Waals surface area (Å²) in [7, 11) is 1.47. The van der Waals surface area contributed by atoms with Gasteiger partial charge in [-0.2, -0.15) is 5.10 Å². The summed E-state index contributed by atoms with van der Waals surface area (Å²) in [6, 6.07) is 17.2. The number of carbonyl (C=O) groups excluding carboxylic acids is 1. The molecule has 3 aromatic carbocycles. The predicted octanol–water partition coefficient (Wildman–Crippen LogP) is 4.48. The van der Waals surface area contributed by atoms with E-state index < -0.39 is 5.97 Å². The molecule has 11 heteroatoms. The zero-order chi connectivity index (χ0) is 29.8. The largest absolute Gasteiger partial charge is 0.497 e. The number of amides is 1. The minimum absolute atomic E-state index is 0.0404. The van der Waals surface area contributed by atoms with Crippen LogP contribution in [-0.2, 0) is 6.54 Å². The normalized spacial score (nSPS) is 11.7. The number of nitrogens with two attached hydrogens (primary N) is 1. The van der Waals surface area contributed by atoms with Crippen molar-refractivity contribution >= 4 is 28.6 Å². The van der Waals surface area contributed by atoms with E-state index in [2.05, 4.69) is 25.5 Å². The van der Waals surface area contributed by atoms with Crippen molar-refractivity contribution in [1.29, 1.82) is 5.41 Å². The van der Waals surface area contributed by atoms with Crippen LogP contribution in [-0.4, -0.2) is 50.1 Å². The van der Waals surface area contributed by atoms with Crippen molar-refractivity contribution in [2.45, 2.75) is 25.8 Å². The molecule has 42 heavy (non-hydrogen) atoms. The minimum atomic E-state index is -1.12. The Balaban J connectivity index is 1.63. The number of carbonyl (C=O) groups is 2. The number of hydrogen-bond donors (Lipinski definition) is 5. The summed E-state index contributed by atoms with van der Waals surface area (Å²) in [5.41, 5.74) is 9.96. The summed E-state index contributed by atoms with van der Waals surface area (Å²) < 4.78 is 5.29. The first-order valence-electron chi connectivity index (χ1n) is 13.2. The molecule has 1 atom stereocenters. The highest BCUT2D eigenvalue weighted by Crippen LogP contribution is 2.40. The number of nitrogens with one attached hydrogen (secondary N) is 3. The Kier molecular flexibility index (Phi) is 7.91. The molecule has 0 aliphatic rings. The average Bonchev–Trinajstić information content (AvgIpc) is 3.43. The molecule has 0 fully saturated rings. The van der Waals surface area contributed by atoms with Crippen LogP contribution in [0.3, 0.4) is 0 Å². The highest BCUT2D eigenvalue weighted by atomic mass is 16.5. The van der Waals surface area contributed by atoms with E-state index in [0.717, 1.165) is 22.2 Å². The quantitative estimate of drug-likeness (QED) is 0.122. The molecule has 2 aromatic heterocycles. The Morgan fingerprint density at radius 2 is 1.81 bits per heavy atom. The summed E-state index contributed by atoms with van der Waals surface area (Å²) in [4.78, 5) is 33.9. The van der Waals surface area contributed by atoms with Gasteiger partial charge in [0.2, 0.25) is 0 Å². The fraction of sp³-hybridized carbons (Fsp3) is 0.161. The van der Waals surface area contributed by atoms with Crippen molar-refractivity contribution in [1.82, 2.24) is 25.5 Å². The third-order valence-electron chi connectivity index (χ3n) is 7.11. The van der Waals surface area contributed by atoms with Crippen molar-refractivity contribution in [2.24, 2.45) is 5.73 Å². The van der Waals surface area contributed by atoms with Crippen LogP contribution >= 0.6 is 0 Å². The number of hydrogen-bond acceptors (Lipinski definition) is 7. The van der Waals surface area contributed by atoms with Gasteiger partial charge in [-0.1, -0.05) is 25.1 Å². The van der Waals surface area contributed by atoms with Gasteiger partial charge < -0.3 is 20.9 Å². The first kappa shape index (κ1) is 28.0. The Labute approximate surface area is 241 Å². The van der Waals surface area contributed by atoms with Crippen molar-refractivity contribution in [2.75, 3.05) is 7.11 Å². The molecule has 0 saturated heterocycles. The molecule has 0 radical (unpaired) electrons. The lowest BCUT2D eigenvalue weighted by Gasteiger charge is -2.21. The lowest BCUT2D eigenvalue weighted by Crippen LogP contribution is -2.24. The maximum absolute atomic E-state index is 13.2. The molecule has 212 valence electrons. The Morgan fingerprint density at radius 1 is 1.05 bits per heavy atom. The lowest BCUT2D eigenvalue weighted by molar-refractivity contribution is 0.0697. The molecule has 1 amide bonds. The van der Waals surface area contributed by atoms with Gasteiger partial charge in [-0.25, -0.2) is 14.8 Å². The molecule has 0 spiro atoms. The van der Waals surface area contributed by atoms with Crippen molar-refractivity contribution in [3.05, 3.63) is 107 Å². The summed E-state index contributed by atoms with van der Waals surface area (Å²) in [6.45, 7) is 2.16. The van der Waals surface area contributed by atoms with E-state index in [1.165, 1.54) is 13.2 Å². The summed E-state index contributed by atoms with van der Waals surface area (Å²) in [5.74, 6) is -0.903. The zero-order valence-corrected chi connectivity index (χ0v) is 23.0. The van der Waals surface area contributed by atoms with Crippen LogP contribution in [0.2, 0.25) is 0 Å². The molecule has 1 unspecified atom stereocenters. The minimum Gasteiger partial charge on any atom is -0.497 e. The number of methoxy groups -OCH3 is 1. The molecule has 0 bridgehead atoms. The molecule has 2 heterocycles. The summed E-state index contributed by atoms with van der Waals surface area (Å²) >= 11 is 0. The fourth-order valence-electron chi connectivity index (χ4n) is 5.01. The van der Waals surface area contributed by atoms with E-state index >= 15 is 0 Å². The smallest absolute Gasteiger partial charge is 0.336 e. The number of benzene rings is 3. The van der Waals surface area contributed by atoms with E-state index in [9.17, 15) is 14.7 Å². The van der Waals surface area contributed by atoms with Crippen molar-refractivity contribution in [3.8, 4) is 16.9 Å². The Hall–Kier alpha value is -5.58. The van der Waals surface area contributed by atoms with E-state index in [-0.39, 0.29) is 29.8 Å². The molecule has 5 aromatic rings. The third kappa shape index (κ3) is 5.52. The highest BCUT2D eigenvalue weighted by molar-refractivity contribution is 6.01. The Bertz CT molecular complexity index is 1800. The monoisotopic (exact) mass is 563 g/mol. The van der Waals surface area contributed by atoms with Crippen LogP contribution in [0.25, 0.3) is 22.0 Å². The second kappa shape index (κ2) is 11.9. The number of carboxylic acid groups (broad SMARTS) is 1. The summed E-state index contributed by atoms with van der Waals surface area (Å²) in [5, 5.41) is 29.2. The van der Waals surface area contributed by atoms with Gasteiger partial charge in [-0.05, 0) is 65.6 Å². The van der Waals surface area contributed by atoms with Gasteiger partial charge >= 0.3 is 5.97 Å². The number of nitrogens with zero attached hydrogens (tertiary/aromatic N) is 3. The van der Waals surface area contributed by atoms with Gasteiger partial charge in [0.25, 0.3) is 5.91 Å². The maximum Gasteiger partial charge on any atom is 0.336 e. The van der Waals surface area contributed by atoms with Gasteiger partial charge in [0, 0.05) is 34.8 Å². The summed E-state index contributed by atoms with van der Waals surface area (Å²) in [6.07, 6.45) is 3.84. The van der Waals surface area contributed by atoms with Crippen LogP contribution in [0, 0.1) is 5.41 Å². The number of H-pyrrole nitrogens is 1. The lowest BCUT2D eigenvalue weighted by atomic mass is 9.83. The van der Waals surface area contributed by atoms with Crippen LogP contribution in [0.4, 0.5) is 0 Å². The van der Waals surface area contributed by atoms with Crippen LogP contribution < -0.4 is 15.8 Å². The first-order valence-corrected chi connectivity index (χ1v) is 13.2. The molecule has 0 aliphatic heterocycles. The fourth-order valence-corrected chi connectivity index (χ4v) is 5.01. The molecule has 0 aliphatic carbocycles. The predicted molar refractivity (Wildman–Crippen MR) is 158 cm³/mol. The van der Waals surface area contributed by atoms with Gasteiger partial charge in [-0.3, -0.25) is 15.3 Å². The number of amidine groups is 1. The SMILES string of the molecule is CCC(c1ccc(C(=O)NCc2ncccn2)cc1-c1ccc(OC)cc1C(=O)O)c1n[nH]c2cc(C(=N)N)ccc12. The molecule has 6 N–H and O–H groups in total. The number of carboxylic acids is 1. The standard InChI is InChI=1S/C31H29N7O4/c1-3-20(28-23-9-5-17(29(32)33)14-26(23)37-38-28)21-8-6-18(30(39)36-16-27-34-11-4-12-35-27)13-24(21)22-10-7-19(42-2)15-25(22)31(40)41/h4-15,20H,3,16H2,1-2H3,(H3,32,33)(H,36,39)(H,37,38)(H,40,41). The zero-order valence-electron chi connectivity index (χ0n) is 23.0. The average molecular weight is 564 g/mol. The number of aromatic carboxylic acids is 1. The number of aromatic amines is 1.